The van der Waals surface area contributed by atoms with Crippen LogP contribution in [0.3, 0.4) is 0 Å². The molecule has 10 heteroatoms. The zero-order valence-electron chi connectivity index (χ0n) is 43.3. The van der Waals surface area contributed by atoms with Crippen LogP contribution < -0.4 is 0 Å². The molecule has 9 aromatic rings. The fourth-order valence-electron chi connectivity index (χ4n) is 9.99. The van der Waals surface area contributed by atoms with Gasteiger partial charge in [0.1, 0.15) is 22.6 Å². The summed E-state index contributed by atoms with van der Waals surface area (Å²) in [6, 6.07) is 41.5. The van der Waals surface area contributed by atoms with Crippen molar-refractivity contribution < 1.29 is 0 Å². The van der Waals surface area contributed by atoms with E-state index in [4.69, 9.17) is 29.9 Å². The third kappa shape index (κ3) is 8.70. The minimum Gasteiger partial charge on any atom is -0.324 e. The Balaban J connectivity index is 1.31. The highest BCUT2D eigenvalue weighted by molar-refractivity contribution is 8.01. The molecule has 2 aliphatic rings. The van der Waals surface area contributed by atoms with Gasteiger partial charge in [0, 0.05) is 65.1 Å². The lowest BCUT2D eigenvalue weighted by Crippen LogP contribution is -2.10. The van der Waals surface area contributed by atoms with Crippen molar-refractivity contribution in [3.8, 4) is 45.6 Å². The predicted octanol–water partition coefficient (Wildman–Crippen LogP) is 16.5. The van der Waals surface area contributed by atoms with E-state index in [0.717, 1.165) is 79.4 Å². The highest BCUT2D eigenvalue weighted by atomic mass is 32.2. The van der Waals surface area contributed by atoms with Gasteiger partial charge < -0.3 is 9.97 Å². The van der Waals surface area contributed by atoms with Crippen molar-refractivity contribution in [3.63, 3.8) is 0 Å². The predicted molar refractivity (Wildman–Crippen MR) is 303 cm³/mol. The van der Waals surface area contributed by atoms with Crippen LogP contribution in [0.4, 0.5) is 0 Å². The Morgan fingerprint density at radius 1 is 0.389 bits per heavy atom. The average molecular weight is 983 g/mol. The molecular formula is C62H62N8S2. The van der Waals surface area contributed by atoms with Gasteiger partial charge in [-0.3, -0.25) is 0 Å². The monoisotopic (exact) mass is 982 g/mol. The molecule has 0 amide bonds. The maximum absolute atomic E-state index is 5.67. The van der Waals surface area contributed by atoms with Crippen molar-refractivity contribution >= 4 is 67.7 Å². The number of nitrogens with zero attached hydrogens (tertiary/aromatic N) is 6. The second-order valence-corrected chi connectivity index (χ2v) is 24.2. The number of aryl methyl sites for hydroxylation is 2. The average Bonchev–Trinajstić information content (AvgIpc) is 4.09. The number of hydrogen-bond acceptors (Lipinski definition) is 8. The van der Waals surface area contributed by atoms with Crippen LogP contribution in [-0.2, 0) is 40.6 Å². The van der Waals surface area contributed by atoms with E-state index in [1.165, 1.54) is 48.7 Å². The maximum atomic E-state index is 5.67. The van der Waals surface area contributed by atoms with E-state index in [9.17, 15) is 0 Å². The van der Waals surface area contributed by atoms with Crippen molar-refractivity contribution in [2.75, 3.05) is 0 Å². The van der Waals surface area contributed by atoms with Crippen LogP contribution in [0.2, 0.25) is 0 Å². The molecule has 0 fully saturated rings. The Bertz CT molecular complexity index is 3780. The third-order valence-electron chi connectivity index (χ3n) is 14.1. The van der Waals surface area contributed by atoms with E-state index in [2.05, 4.69) is 201 Å². The van der Waals surface area contributed by atoms with E-state index in [-0.39, 0.29) is 16.2 Å². The second-order valence-electron chi connectivity index (χ2n) is 22.3. The van der Waals surface area contributed by atoms with Crippen molar-refractivity contribution in [3.05, 3.63) is 154 Å². The fourth-order valence-corrected chi connectivity index (χ4v) is 12.7. The zero-order valence-corrected chi connectivity index (χ0v) is 44.9. The molecule has 0 saturated carbocycles. The fraction of sp³-hybridized carbons (Fsp3) is 0.290. The molecule has 3 aromatic heterocycles. The summed E-state index contributed by atoms with van der Waals surface area (Å²) in [7, 11) is 0. The van der Waals surface area contributed by atoms with Gasteiger partial charge in [0.15, 0.2) is 23.3 Å². The number of fused-ring (bicyclic) bond motifs is 20. The summed E-state index contributed by atoms with van der Waals surface area (Å²) in [4.78, 5) is 43.2. The second kappa shape index (κ2) is 18.1. The van der Waals surface area contributed by atoms with Crippen molar-refractivity contribution in [1.82, 2.24) is 39.9 Å². The summed E-state index contributed by atoms with van der Waals surface area (Å²) in [6.45, 7) is 24.8. The first-order valence-corrected chi connectivity index (χ1v) is 27.3. The molecule has 0 unspecified atom stereocenters. The van der Waals surface area contributed by atoms with Crippen molar-refractivity contribution in [2.24, 2.45) is 0 Å². The first kappa shape index (κ1) is 47.7. The topological polar surface area (TPSA) is 109 Å². The van der Waals surface area contributed by atoms with Gasteiger partial charge in [-0.2, -0.15) is 0 Å². The molecule has 0 aliphatic carbocycles. The zero-order chi connectivity index (χ0) is 50.3. The van der Waals surface area contributed by atoms with Crippen LogP contribution in [0, 0.1) is 0 Å². The SMILES string of the molecule is CCc1c(SCc2ccccc2)c(SCc2ccccc2)c(CC)c2c3nc4nc(nc5[nH]c(nc6nc(nc([nH]3)c12)-c1ccc(C(C)(C)C)cc1-6)c1ccc(C(C)(C)C)cc51)-c1ccc(C(C)(C)C)cc1-4. The van der Waals surface area contributed by atoms with Gasteiger partial charge in [-0.15, -0.1) is 23.5 Å². The molecule has 11 rings (SSSR count). The maximum Gasteiger partial charge on any atom is 0.164 e. The quantitative estimate of drug-likeness (QED) is 0.145. The van der Waals surface area contributed by atoms with E-state index in [1.54, 1.807) is 0 Å². The Kier molecular flexibility index (Phi) is 12.0. The smallest absolute Gasteiger partial charge is 0.164 e. The van der Waals surface area contributed by atoms with Crippen LogP contribution in [0.15, 0.2) is 125 Å². The van der Waals surface area contributed by atoms with Gasteiger partial charge in [0.05, 0.1) is 0 Å². The third-order valence-corrected chi connectivity index (χ3v) is 16.7. The minimum absolute atomic E-state index is 0.0904. The number of hydrogen-bond donors (Lipinski definition) is 2. The number of H-pyrrole nitrogens is 2. The van der Waals surface area contributed by atoms with Crippen molar-refractivity contribution in [1.29, 1.82) is 0 Å². The number of thioether (sulfide) groups is 2. The molecule has 8 bridgehead atoms. The molecule has 2 aliphatic heterocycles. The standard InChI is InChI=1S/C62H62N8S2/c1-12-40-48-49(41(13-2)51(72-34-36-22-18-15-19-23-36)50(40)71-33-35-20-16-14-17-21-35)59-69-57-47-32-39(62(9,10)11)25-28-43(47)53(66-57)65-55-45-30-37(60(3,4)5)24-27-42(45)52(63-55)64-56-46-31-38(61(6,7)8)26-29-44(46)54(67-56)68-58(48)70-59/h14-32H,12-13,33-34H2,1-11H3,(H2,63,64,65,66,67,68,69,70). The summed E-state index contributed by atoms with van der Waals surface area (Å²) in [5.74, 6) is 4.10. The van der Waals surface area contributed by atoms with Crippen LogP contribution >= 0.6 is 23.5 Å². The molecule has 8 nitrogen and oxygen atoms in total. The largest absolute Gasteiger partial charge is 0.324 e. The first-order valence-electron chi connectivity index (χ1n) is 25.3. The van der Waals surface area contributed by atoms with E-state index in [1.807, 2.05) is 23.5 Å². The first-order chi connectivity index (χ1) is 34.5. The molecule has 362 valence electrons. The summed E-state index contributed by atoms with van der Waals surface area (Å²) in [6.07, 6.45) is 1.57. The normalized spacial score (nSPS) is 12.7. The highest BCUT2D eigenvalue weighted by Gasteiger charge is 2.29. The van der Waals surface area contributed by atoms with Crippen LogP contribution in [0.1, 0.15) is 115 Å². The van der Waals surface area contributed by atoms with Crippen molar-refractivity contribution in [2.45, 2.75) is 127 Å². The molecule has 2 N–H and O–H groups in total. The Morgan fingerprint density at radius 2 is 0.764 bits per heavy atom. The lowest BCUT2D eigenvalue weighted by Gasteiger charge is -2.20. The van der Waals surface area contributed by atoms with Crippen LogP contribution in [0.5, 0.6) is 0 Å². The molecule has 6 aromatic carbocycles. The number of aromatic nitrogens is 8. The number of nitrogens with one attached hydrogen (secondary N) is 2. The highest BCUT2D eigenvalue weighted by Crippen LogP contribution is 2.48. The number of benzene rings is 6. The van der Waals surface area contributed by atoms with E-state index >= 15 is 0 Å². The molecule has 0 spiro atoms. The molecule has 0 atom stereocenters. The molecule has 0 radical (unpaired) electrons. The Morgan fingerprint density at radius 3 is 1.19 bits per heavy atom. The molecule has 5 heterocycles. The molecular weight excluding hydrogens is 921 g/mol. The number of rotatable bonds is 8. The van der Waals surface area contributed by atoms with Gasteiger partial charge in [-0.05, 0) is 86.2 Å². The molecule has 0 saturated heterocycles. The lowest BCUT2D eigenvalue weighted by molar-refractivity contribution is 0.590. The van der Waals surface area contributed by atoms with Gasteiger partial charge in [-0.1, -0.05) is 173 Å². The van der Waals surface area contributed by atoms with E-state index < -0.39 is 0 Å². The molecule has 72 heavy (non-hydrogen) atoms. The summed E-state index contributed by atoms with van der Waals surface area (Å²) < 4.78 is 0. The van der Waals surface area contributed by atoms with Gasteiger partial charge in [0.25, 0.3) is 0 Å². The Labute approximate surface area is 431 Å². The van der Waals surface area contributed by atoms with Gasteiger partial charge in [-0.25, -0.2) is 29.9 Å². The summed E-state index contributed by atoms with van der Waals surface area (Å²) in [5, 5.41) is 4.08. The van der Waals surface area contributed by atoms with Crippen LogP contribution in [-0.4, -0.2) is 39.9 Å². The number of aromatic amines is 2. The lowest BCUT2D eigenvalue weighted by atomic mass is 9.85. The van der Waals surface area contributed by atoms with Gasteiger partial charge >= 0.3 is 0 Å². The summed E-state index contributed by atoms with van der Waals surface area (Å²) in [5.41, 5.74) is 15.0. The Hall–Kier alpha value is -6.62. The van der Waals surface area contributed by atoms with Crippen LogP contribution in [0.25, 0.3) is 89.7 Å². The van der Waals surface area contributed by atoms with Gasteiger partial charge in [0.2, 0.25) is 0 Å². The summed E-state index contributed by atoms with van der Waals surface area (Å²) >= 11 is 3.85. The van der Waals surface area contributed by atoms with E-state index in [0.29, 0.717) is 34.6 Å². The minimum atomic E-state index is -0.109.